The van der Waals surface area contributed by atoms with Crippen LogP contribution < -0.4 is 0 Å². The van der Waals surface area contributed by atoms with E-state index in [1.807, 2.05) is 0 Å². The molecule has 0 aliphatic carbocycles. The molecule has 1 saturated heterocycles. The maximum Gasteiger partial charge on any atom is 0.0699 e. The number of hydrogen-bond donors (Lipinski definition) is 0. The van der Waals surface area contributed by atoms with Gasteiger partial charge in [-0.1, -0.05) is 6.92 Å². The molecule has 0 N–H and O–H groups in total. The van der Waals surface area contributed by atoms with Crippen molar-refractivity contribution in [3.05, 3.63) is 0 Å². The van der Waals surface area contributed by atoms with Crippen molar-refractivity contribution in [1.29, 1.82) is 0 Å². The van der Waals surface area contributed by atoms with Crippen LogP contribution >= 0.6 is 0 Å². The van der Waals surface area contributed by atoms with Crippen molar-refractivity contribution in [2.24, 2.45) is 0 Å². The van der Waals surface area contributed by atoms with Crippen molar-refractivity contribution in [3.8, 4) is 0 Å². The summed E-state index contributed by atoms with van der Waals surface area (Å²) in [6, 6.07) is 0. The summed E-state index contributed by atoms with van der Waals surface area (Å²) >= 11 is 0. The Hall–Kier alpha value is -0.0800. The summed E-state index contributed by atoms with van der Waals surface area (Å²) in [7, 11) is 2.14. The largest absolute Gasteiger partial charge is 0.376 e. The first-order chi connectivity index (χ1) is 4.33. The Balaban J connectivity index is 2.23. The van der Waals surface area contributed by atoms with E-state index >= 15 is 0 Å². The van der Waals surface area contributed by atoms with Gasteiger partial charge in [-0.2, -0.15) is 0 Å². The average molecular weight is 129 g/mol. The molecule has 2 nitrogen and oxygen atoms in total. The molecule has 0 aromatic rings. The molecule has 1 heterocycles. The summed E-state index contributed by atoms with van der Waals surface area (Å²) in [6.45, 7) is 5.28. The predicted molar refractivity (Wildman–Crippen MR) is 37.5 cm³/mol. The highest BCUT2D eigenvalue weighted by Gasteiger charge is 2.14. The predicted octanol–water partition coefficient (Wildman–Crippen LogP) is 0.727. The summed E-state index contributed by atoms with van der Waals surface area (Å²) in [5.74, 6) is 0. The molecular weight excluding hydrogens is 114 g/mol. The summed E-state index contributed by atoms with van der Waals surface area (Å²) in [5.41, 5.74) is 0. The van der Waals surface area contributed by atoms with E-state index in [-0.39, 0.29) is 0 Å². The van der Waals surface area contributed by atoms with Crippen molar-refractivity contribution in [2.75, 3.05) is 26.7 Å². The first-order valence-corrected chi connectivity index (χ1v) is 3.63. The Labute approximate surface area is 56.8 Å². The third-order valence-corrected chi connectivity index (χ3v) is 1.80. The van der Waals surface area contributed by atoms with E-state index in [1.54, 1.807) is 0 Å². The molecule has 0 aromatic heterocycles. The van der Waals surface area contributed by atoms with Crippen LogP contribution in [0.1, 0.15) is 13.3 Å². The first kappa shape index (κ1) is 7.03. The molecule has 1 rings (SSSR count). The van der Waals surface area contributed by atoms with Crippen LogP contribution in [-0.2, 0) is 4.74 Å². The molecule has 1 atom stereocenters. The molecule has 0 spiro atoms. The highest BCUT2D eigenvalue weighted by Crippen LogP contribution is 2.04. The van der Waals surface area contributed by atoms with Gasteiger partial charge in [0.25, 0.3) is 0 Å². The van der Waals surface area contributed by atoms with Gasteiger partial charge >= 0.3 is 0 Å². The maximum absolute atomic E-state index is 5.46. The second-order valence-corrected chi connectivity index (χ2v) is 2.66. The Morgan fingerprint density at radius 2 is 2.44 bits per heavy atom. The van der Waals surface area contributed by atoms with Crippen molar-refractivity contribution in [3.63, 3.8) is 0 Å². The van der Waals surface area contributed by atoms with E-state index in [2.05, 4.69) is 18.9 Å². The monoisotopic (exact) mass is 129 g/mol. The van der Waals surface area contributed by atoms with Crippen LogP contribution in [0, 0.1) is 0 Å². The lowest BCUT2D eigenvalue weighted by Gasteiger charge is -2.29. The number of likely N-dealkylation sites (N-methyl/N-ethyl adjacent to an activating group) is 1. The SMILES string of the molecule is CC[C@@H]1CN(C)CCO1. The summed E-state index contributed by atoms with van der Waals surface area (Å²) < 4.78 is 5.46. The third-order valence-electron chi connectivity index (χ3n) is 1.80. The smallest absolute Gasteiger partial charge is 0.0699 e. The minimum absolute atomic E-state index is 0.490. The van der Waals surface area contributed by atoms with Crippen LogP contribution in [0.4, 0.5) is 0 Å². The van der Waals surface area contributed by atoms with Gasteiger partial charge in [0.05, 0.1) is 12.7 Å². The van der Waals surface area contributed by atoms with E-state index in [1.165, 1.54) is 0 Å². The number of nitrogens with zero attached hydrogens (tertiary/aromatic N) is 1. The lowest BCUT2D eigenvalue weighted by molar-refractivity contribution is -0.0206. The van der Waals surface area contributed by atoms with Gasteiger partial charge in [-0.3, -0.25) is 0 Å². The Morgan fingerprint density at radius 3 is 2.89 bits per heavy atom. The van der Waals surface area contributed by atoms with Gasteiger partial charge in [0, 0.05) is 13.1 Å². The van der Waals surface area contributed by atoms with E-state index < -0.39 is 0 Å². The topological polar surface area (TPSA) is 12.5 Å². The molecule has 0 aromatic carbocycles. The molecule has 2 heteroatoms. The van der Waals surface area contributed by atoms with Crippen LogP contribution in [-0.4, -0.2) is 37.7 Å². The normalized spacial score (nSPS) is 30.7. The molecule has 0 bridgehead atoms. The van der Waals surface area contributed by atoms with Gasteiger partial charge in [-0.25, -0.2) is 0 Å². The van der Waals surface area contributed by atoms with Gasteiger partial charge < -0.3 is 9.64 Å². The van der Waals surface area contributed by atoms with E-state index in [0.717, 1.165) is 26.1 Å². The quantitative estimate of drug-likeness (QED) is 0.517. The van der Waals surface area contributed by atoms with Gasteiger partial charge in [0.2, 0.25) is 0 Å². The molecule has 1 fully saturated rings. The van der Waals surface area contributed by atoms with Crippen LogP contribution in [0.25, 0.3) is 0 Å². The van der Waals surface area contributed by atoms with Gasteiger partial charge in [0.1, 0.15) is 0 Å². The van der Waals surface area contributed by atoms with Crippen LogP contribution in [0.15, 0.2) is 0 Å². The number of ether oxygens (including phenoxy) is 1. The number of morpholine rings is 1. The fraction of sp³-hybridized carbons (Fsp3) is 1.00. The summed E-state index contributed by atoms with van der Waals surface area (Å²) in [6.07, 6.45) is 1.63. The molecule has 1 aliphatic heterocycles. The highest BCUT2D eigenvalue weighted by molar-refractivity contribution is 4.66. The molecule has 0 amide bonds. The minimum Gasteiger partial charge on any atom is -0.376 e. The number of hydrogen-bond acceptors (Lipinski definition) is 2. The Morgan fingerprint density at radius 1 is 1.67 bits per heavy atom. The number of rotatable bonds is 1. The standard InChI is InChI=1S/C7H15NO/c1-3-7-6-8(2)4-5-9-7/h7H,3-6H2,1-2H3/t7-/m1/s1. The molecule has 9 heavy (non-hydrogen) atoms. The average Bonchev–Trinajstić information content (AvgIpc) is 1.88. The zero-order chi connectivity index (χ0) is 6.69. The Kier molecular flexibility index (Phi) is 2.49. The summed E-state index contributed by atoms with van der Waals surface area (Å²) in [5, 5.41) is 0. The van der Waals surface area contributed by atoms with E-state index in [9.17, 15) is 0 Å². The fourth-order valence-electron chi connectivity index (χ4n) is 1.11. The summed E-state index contributed by atoms with van der Waals surface area (Å²) in [4.78, 5) is 2.32. The van der Waals surface area contributed by atoms with Gasteiger partial charge in [0.15, 0.2) is 0 Å². The minimum atomic E-state index is 0.490. The third kappa shape index (κ3) is 1.95. The second kappa shape index (κ2) is 3.18. The maximum atomic E-state index is 5.46. The van der Waals surface area contributed by atoms with Crippen LogP contribution in [0.3, 0.4) is 0 Å². The van der Waals surface area contributed by atoms with Crippen molar-refractivity contribution >= 4 is 0 Å². The van der Waals surface area contributed by atoms with Crippen LogP contribution in [0.5, 0.6) is 0 Å². The molecule has 1 aliphatic rings. The molecular formula is C7H15NO. The van der Waals surface area contributed by atoms with Gasteiger partial charge in [-0.05, 0) is 13.5 Å². The molecule has 54 valence electrons. The zero-order valence-electron chi connectivity index (χ0n) is 6.26. The van der Waals surface area contributed by atoms with Crippen molar-refractivity contribution < 1.29 is 4.74 Å². The second-order valence-electron chi connectivity index (χ2n) is 2.66. The van der Waals surface area contributed by atoms with Gasteiger partial charge in [-0.15, -0.1) is 0 Å². The van der Waals surface area contributed by atoms with Crippen molar-refractivity contribution in [1.82, 2.24) is 4.90 Å². The van der Waals surface area contributed by atoms with E-state index in [4.69, 9.17) is 4.74 Å². The fourth-order valence-corrected chi connectivity index (χ4v) is 1.11. The lowest BCUT2D eigenvalue weighted by atomic mass is 10.2. The first-order valence-electron chi connectivity index (χ1n) is 3.63. The van der Waals surface area contributed by atoms with E-state index in [0.29, 0.717) is 6.10 Å². The van der Waals surface area contributed by atoms with Crippen molar-refractivity contribution in [2.45, 2.75) is 19.4 Å². The Bertz CT molecular complexity index is 85.0. The lowest BCUT2D eigenvalue weighted by Crippen LogP contribution is -2.39. The zero-order valence-corrected chi connectivity index (χ0v) is 6.26. The van der Waals surface area contributed by atoms with Crippen LogP contribution in [0.2, 0.25) is 0 Å². The highest BCUT2D eigenvalue weighted by atomic mass is 16.5. The molecule has 0 unspecified atom stereocenters. The molecule has 0 saturated carbocycles. The molecule has 0 radical (unpaired) electrons.